The van der Waals surface area contributed by atoms with Crippen LogP contribution < -0.4 is 5.32 Å². The Morgan fingerprint density at radius 3 is 2.95 bits per heavy atom. The zero-order valence-corrected chi connectivity index (χ0v) is 12.7. The van der Waals surface area contributed by atoms with Gasteiger partial charge >= 0.3 is 0 Å². The predicted molar refractivity (Wildman–Crippen MR) is 81.5 cm³/mol. The number of nitriles is 1. The summed E-state index contributed by atoms with van der Waals surface area (Å²) in [6.45, 7) is 3.22. The van der Waals surface area contributed by atoms with Crippen molar-refractivity contribution in [2.45, 2.75) is 38.1 Å². The van der Waals surface area contributed by atoms with Gasteiger partial charge in [0.25, 0.3) is 0 Å². The molecule has 0 saturated heterocycles. The van der Waals surface area contributed by atoms with Crippen LogP contribution >= 0.6 is 0 Å². The molecule has 0 aliphatic heterocycles. The first-order chi connectivity index (χ1) is 9.55. The molecule has 1 aliphatic carbocycles. The second-order valence-corrected chi connectivity index (χ2v) is 6.19. The summed E-state index contributed by atoms with van der Waals surface area (Å²) in [6, 6.07) is 7.62. The fraction of sp³-hybridized carbons (Fsp3) is 0.625. The fourth-order valence-corrected chi connectivity index (χ4v) is 3.21. The summed E-state index contributed by atoms with van der Waals surface area (Å²) < 4.78 is 0. The maximum Gasteiger partial charge on any atom is 0.142 e. The van der Waals surface area contributed by atoms with Crippen molar-refractivity contribution in [3.63, 3.8) is 0 Å². The third-order valence-corrected chi connectivity index (χ3v) is 4.48. The van der Waals surface area contributed by atoms with Gasteiger partial charge in [-0.15, -0.1) is 0 Å². The highest BCUT2D eigenvalue weighted by atomic mass is 15.2. The molecule has 1 saturated carbocycles. The van der Waals surface area contributed by atoms with Crippen molar-refractivity contribution < 1.29 is 0 Å². The van der Waals surface area contributed by atoms with Crippen LogP contribution in [0.5, 0.6) is 0 Å². The van der Waals surface area contributed by atoms with E-state index in [0.717, 1.165) is 18.3 Å². The van der Waals surface area contributed by atoms with Crippen LogP contribution in [-0.2, 0) is 0 Å². The number of hydrogen-bond donors (Lipinski definition) is 1. The molecule has 108 valence electrons. The van der Waals surface area contributed by atoms with Crippen LogP contribution in [0.3, 0.4) is 0 Å². The van der Waals surface area contributed by atoms with E-state index in [1.54, 1.807) is 6.07 Å². The van der Waals surface area contributed by atoms with Gasteiger partial charge in [-0.2, -0.15) is 5.26 Å². The molecule has 1 N–H and O–H groups in total. The van der Waals surface area contributed by atoms with Crippen LogP contribution in [0.15, 0.2) is 18.2 Å². The van der Waals surface area contributed by atoms with E-state index in [1.807, 2.05) is 12.1 Å². The van der Waals surface area contributed by atoms with Crippen LogP contribution in [0, 0.1) is 17.2 Å². The Morgan fingerprint density at radius 2 is 2.30 bits per heavy atom. The first-order valence-electron chi connectivity index (χ1n) is 7.34. The van der Waals surface area contributed by atoms with Crippen molar-refractivity contribution in [2.75, 3.05) is 26.0 Å². The molecule has 2 rings (SSSR count). The molecule has 1 fully saturated rings. The van der Waals surface area contributed by atoms with Gasteiger partial charge in [-0.1, -0.05) is 25.8 Å². The van der Waals surface area contributed by atoms with E-state index in [0.29, 0.717) is 5.69 Å². The van der Waals surface area contributed by atoms with Crippen LogP contribution in [0.1, 0.15) is 38.3 Å². The number of likely N-dealkylation sites (N-methyl/N-ethyl adjacent to an activating group) is 1. The van der Waals surface area contributed by atoms with Gasteiger partial charge in [0.05, 0.1) is 0 Å². The Morgan fingerprint density at radius 1 is 1.50 bits per heavy atom. The van der Waals surface area contributed by atoms with Crippen LogP contribution in [0.4, 0.5) is 5.82 Å². The fourth-order valence-electron chi connectivity index (χ4n) is 3.21. The summed E-state index contributed by atoms with van der Waals surface area (Å²) >= 11 is 0. The van der Waals surface area contributed by atoms with Crippen molar-refractivity contribution in [3.05, 3.63) is 23.9 Å². The lowest BCUT2D eigenvalue weighted by molar-refractivity contribution is 0.0881. The van der Waals surface area contributed by atoms with E-state index >= 15 is 0 Å². The quantitative estimate of drug-likeness (QED) is 0.915. The second kappa shape index (κ2) is 6.23. The number of pyridine rings is 1. The predicted octanol–water partition coefficient (Wildman–Crippen LogP) is 2.88. The van der Waals surface area contributed by atoms with Crippen LogP contribution in [0.25, 0.3) is 0 Å². The van der Waals surface area contributed by atoms with Crippen LogP contribution in [-0.4, -0.2) is 36.1 Å². The molecular formula is C16H24N4. The third kappa shape index (κ3) is 3.29. The zero-order valence-electron chi connectivity index (χ0n) is 12.7. The molecule has 0 spiro atoms. The second-order valence-electron chi connectivity index (χ2n) is 6.19. The lowest BCUT2D eigenvalue weighted by Crippen LogP contribution is -2.52. The standard InChI is InChI=1S/C16H24N4/c1-13-6-5-9-16(10-13,20(2)3)12-18-15-8-4-7-14(11-17)19-15/h4,7-8,13H,5-6,9-10,12H2,1-3H3,(H,18,19). The lowest BCUT2D eigenvalue weighted by atomic mass is 9.75. The molecule has 0 amide bonds. The van der Waals surface area contributed by atoms with Gasteiger partial charge < -0.3 is 10.2 Å². The molecule has 1 aromatic heterocycles. The summed E-state index contributed by atoms with van der Waals surface area (Å²) in [6.07, 6.45) is 5.05. The minimum Gasteiger partial charge on any atom is -0.368 e. The molecule has 0 aromatic carbocycles. The Kier molecular flexibility index (Phi) is 4.61. The molecule has 1 aromatic rings. The van der Waals surface area contributed by atoms with Gasteiger partial charge in [0.2, 0.25) is 0 Å². The van der Waals surface area contributed by atoms with Gasteiger partial charge in [-0.25, -0.2) is 4.98 Å². The maximum absolute atomic E-state index is 8.90. The first-order valence-corrected chi connectivity index (χ1v) is 7.34. The Hall–Kier alpha value is -1.60. The summed E-state index contributed by atoms with van der Waals surface area (Å²) in [5.74, 6) is 1.56. The van der Waals surface area contributed by atoms with Gasteiger partial charge in [0, 0.05) is 12.1 Å². The maximum atomic E-state index is 8.90. The summed E-state index contributed by atoms with van der Waals surface area (Å²) in [7, 11) is 4.33. The number of hydrogen-bond acceptors (Lipinski definition) is 4. The van der Waals surface area contributed by atoms with Gasteiger partial charge in [0.15, 0.2) is 0 Å². The number of aromatic nitrogens is 1. The summed E-state index contributed by atoms with van der Waals surface area (Å²) in [5, 5.41) is 12.3. The van der Waals surface area contributed by atoms with Crippen molar-refractivity contribution in [2.24, 2.45) is 5.92 Å². The Labute approximate surface area is 121 Å². The minimum atomic E-state index is 0.196. The SMILES string of the molecule is CC1CCCC(CNc2cccc(C#N)n2)(N(C)C)C1. The van der Waals surface area contributed by atoms with E-state index in [1.165, 1.54) is 25.7 Å². The van der Waals surface area contributed by atoms with E-state index in [9.17, 15) is 0 Å². The van der Waals surface area contributed by atoms with E-state index in [-0.39, 0.29) is 5.54 Å². The topological polar surface area (TPSA) is 52.0 Å². The molecule has 0 radical (unpaired) electrons. The Balaban J connectivity index is 2.07. The zero-order chi connectivity index (χ0) is 14.6. The molecule has 4 nitrogen and oxygen atoms in total. The van der Waals surface area contributed by atoms with Gasteiger partial charge in [0.1, 0.15) is 17.6 Å². The summed E-state index contributed by atoms with van der Waals surface area (Å²) in [5.41, 5.74) is 0.660. The third-order valence-electron chi connectivity index (χ3n) is 4.48. The van der Waals surface area contributed by atoms with E-state index in [2.05, 4.69) is 42.3 Å². The molecule has 4 heteroatoms. The normalized spacial score (nSPS) is 26.2. The molecule has 2 atom stereocenters. The van der Waals surface area contributed by atoms with Crippen molar-refractivity contribution in [1.29, 1.82) is 5.26 Å². The number of nitrogens with zero attached hydrogens (tertiary/aromatic N) is 3. The van der Waals surface area contributed by atoms with E-state index in [4.69, 9.17) is 5.26 Å². The molecule has 2 unspecified atom stereocenters. The first kappa shape index (κ1) is 14.8. The highest BCUT2D eigenvalue weighted by molar-refractivity contribution is 5.38. The van der Waals surface area contributed by atoms with Crippen molar-refractivity contribution in [3.8, 4) is 6.07 Å². The molecular weight excluding hydrogens is 248 g/mol. The number of rotatable bonds is 4. The van der Waals surface area contributed by atoms with Crippen molar-refractivity contribution >= 4 is 5.82 Å². The highest BCUT2D eigenvalue weighted by Gasteiger charge is 2.36. The Bertz CT molecular complexity index is 491. The molecule has 1 aliphatic rings. The molecule has 0 bridgehead atoms. The highest BCUT2D eigenvalue weighted by Crippen LogP contribution is 2.35. The van der Waals surface area contributed by atoms with Gasteiger partial charge in [-0.05, 0) is 45.0 Å². The molecule has 1 heterocycles. The number of anilines is 1. The van der Waals surface area contributed by atoms with Crippen molar-refractivity contribution in [1.82, 2.24) is 9.88 Å². The van der Waals surface area contributed by atoms with E-state index < -0.39 is 0 Å². The van der Waals surface area contributed by atoms with Gasteiger partial charge in [-0.3, -0.25) is 0 Å². The van der Waals surface area contributed by atoms with Crippen LogP contribution in [0.2, 0.25) is 0 Å². The average Bonchev–Trinajstić information content (AvgIpc) is 2.45. The number of nitrogens with one attached hydrogen (secondary N) is 1. The monoisotopic (exact) mass is 272 g/mol. The lowest BCUT2D eigenvalue weighted by Gasteiger charge is -2.45. The average molecular weight is 272 g/mol. The smallest absolute Gasteiger partial charge is 0.142 e. The summed E-state index contributed by atoms with van der Waals surface area (Å²) in [4.78, 5) is 6.65. The molecule has 20 heavy (non-hydrogen) atoms. The minimum absolute atomic E-state index is 0.196. The largest absolute Gasteiger partial charge is 0.368 e.